The highest BCUT2D eigenvalue weighted by atomic mass is 127. The molecule has 1 aliphatic heterocycles. The molecule has 31 heavy (non-hydrogen) atoms. The highest BCUT2D eigenvalue weighted by Crippen LogP contribution is 2.21. The lowest BCUT2D eigenvalue weighted by molar-refractivity contribution is -0.130. The van der Waals surface area contributed by atoms with E-state index in [0.717, 1.165) is 57.2 Å². The van der Waals surface area contributed by atoms with Crippen LogP contribution in [-0.2, 0) is 4.79 Å². The standard InChI is InChI=1S/C23H39N5O2.HI/c1-6-24-23(25-14-11-18(2)19-7-9-21(30-5)10-8-19)26-20-12-15-28(16-13-20)17-22(29)27(3)4;/h7-10,18,20H,6,11-17H2,1-5H3,(H2,24,25,26);1H. The van der Waals surface area contributed by atoms with Gasteiger partial charge in [0.25, 0.3) is 0 Å². The smallest absolute Gasteiger partial charge is 0.236 e. The number of hydrogen-bond donors (Lipinski definition) is 2. The summed E-state index contributed by atoms with van der Waals surface area (Å²) in [6.07, 6.45) is 3.04. The van der Waals surface area contributed by atoms with Crippen molar-refractivity contribution in [3.05, 3.63) is 29.8 Å². The van der Waals surface area contributed by atoms with Gasteiger partial charge in [-0.25, -0.2) is 0 Å². The quantitative estimate of drug-likeness (QED) is 0.284. The van der Waals surface area contributed by atoms with Gasteiger partial charge in [-0.05, 0) is 49.8 Å². The van der Waals surface area contributed by atoms with Crippen LogP contribution in [0.25, 0.3) is 0 Å². The highest BCUT2D eigenvalue weighted by molar-refractivity contribution is 14.0. The number of carbonyl (C=O) groups excluding carboxylic acids is 1. The molecule has 1 aromatic rings. The highest BCUT2D eigenvalue weighted by Gasteiger charge is 2.22. The van der Waals surface area contributed by atoms with Gasteiger partial charge in [-0.2, -0.15) is 0 Å². The number of nitrogens with zero attached hydrogens (tertiary/aromatic N) is 3. The van der Waals surface area contributed by atoms with Crippen LogP contribution in [0.2, 0.25) is 0 Å². The lowest BCUT2D eigenvalue weighted by atomic mass is 9.98. The number of likely N-dealkylation sites (N-methyl/N-ethyl adjacent to an activating group) is 1. The molecule has 1 aliphatic rings. The summed E-state index contributed by atoms with van der Waals surface area (Å²) in [6, 6.07) is 8.68. The molecular formula is C23H40IN5O2. The molecule has 1 fully saturated rings. The number of amides is 1. The maximum Gasteiger partial charge on any atom is 0.236 e. The molecule has 2 rings (SSSR count). The number of methoxy groups -OCH3 is 1. The third kappa shape index (κ3) is 9.64. The Bertz CT molecular complexity index is 673. The predicted molar refractivity (Wildman–Crippen MR) is 139 cm³/mol. The molecule has 0 bridgehead atoms. The van der Waals surface area contributed by atoms with Crippen LogP contribution >= 0.6 is 24.0 Å². The molecule has 2 N–H and O–H groups in total. The molecule has 0 aromatic heterocycles. The summed E-state index contributed by atoms with van der Waals surface area (Å²) in [4.78, 5) is 20.6. The minimum atomic E-state index is 0. The summed E-state index contributed by atoms with van der Waals surface area (Å²) in [6.45, 7) is 8.33. The molecule has 0 radical (unpaired) electrons. The van der Waals surface area contributed by atoms with Crippen LogP contribution in [0.4, 0.5) is 0 Å². The Labute approximate surface area is 205 Å². The zero-order chi connectivity index (χ0) is 21.9. The van der Waals surface area contributed by atoms with Gasteiger partial charge in [-0.3, -0.25) is 14.7 Å². The van der Waals surface area contributed by atoms with E-state index in [1.165, 1.54) is 5.56 Å². The van der Waals surface area contributed by atoms with Crippen LogP contribution in [0.15, 0.2) is 29.3 Å². The summed E-state index contributed by atoms with van der Waals surface area (Å²) in [5, 5.41) is 6.95. The van der Waals surface area contributed by atoms with Gasteiger partial charge in [-0.1, -0.05) is 19.1 Å². The first-order valence-corrected chi connectivity index (χ1v) is 11.0. The third-order valence-electron chi connectivity index (χ3n) is 5.65. The first-order chi connectivity index (χ1) is 14.4. The van der Waals surface area contributed by atoms with E-state index in [1.807, 2.05) is 26.2 Å². The van der Waals surface area contributed by atoms with Crippen molar-refractivity contribution in [2.24, 2.45) is 4.99 Å². The van der Waals surface area contributed by atoms with Gasteiger partial charge in [0, 0.05) is 46.3 Å². The van der Waals surface area contributed by atoms with Crippen molar-refractivity contribution in [3.8, 4) is 5.75 Å². The van der Waals surface area contributed by atoms with E-state index in [-0.39, 0.29) is 29.9 Å². The zero-order valence-electron chi connectivity index (χ0n) is 19.7. The van der Waals surface area contributed by atoms with E-state index in [9.17, 15) is 4.79 Å². The second kappa shape index (κ2) is 14.5. The van der Waals surface area contributed by atoms with E-state index >= 15 is 0 Å². The average Bonchev–Trinajstić information content (AvgIpc) is 2.75. The number of benzene rings is 1. The zero-order valence-corrected chi connectivity index (χ0v) is 22.0. The van der Waals surface area contributed by atoms with Gasteiger partial charge in [0.05, 0.1) is 13.7 Å². The van der Waals surface area contributed by atoms with Gasteiger partial charge < -0.3 is 20.3 Å². The first kappa shape index (κ1) is 27.5. The molecule has 1 amide bonds. The first-order valence-electron chi connectivity index (χ1n) is 11.0. The van der Waals surface area contributed by atoms with Crippen LogP contribution < -0.4 is 15.4 Å². The fraction of sp³-hybridized carbons (Fsp3) is 0.652. The maximum atomic E-state index is 11.9. The number of likely N-dealkylation sites (tertiary alicyclic amines) is 1. The molecule has 1 heterocycles. The maximum absolute atomic E-state index is 11.9. The molecule has 1 saturated heterocycles. The van der Waals surface area contributed by atoms with E-state index in [4.69, 9.17) is 9.73 Å². The Morgan fingerprint density at radius 2 is 1.90 bits per heavy atom. The van der Waals surface area contributed by atoms with Gasteiger partial charge in [-0.15, -0.1) is 24.0 Å². The van der Waals surface area contributed by atoms with Crippen molar-refractivity contribution >= 4 is 35.8 Å². The van der Waals surface area contributed by atoms with Crippen LogP contribution in [-0.4, -0.2) is 81.6 Å². The number of rotatable bonds is 9. The molecule has 1 atom stereocenters. The number of hydrogen-bond acceptors (Lipinski definition) is 4. The Morgan fingerprint density at radius 3 is 2.45 bits per heavy atom. The van der Waals surface area contributed by atoms with Gasteiger partial charge >= 0.3 is 0 Å². The van der Waals surface area contributed by atoms with E-state index in [2.05, 4.69) is 41.5 Å². The van der Waals surface area contributed by atoms with Gasteiger partial charge in [0.15, 0.2) is 5.96 Å². The van der Waals surface area contributed by atoms with Crippen LogP contribution in [0.5, 0.6) is 5.75 Å². The Kier molecular flexibility index (Phi) is 12.9. The second-order valence-electron chi connectivity index (χ2n) is 8.21. The van der Waals surface area contributed by atoms with Gasteiger partial charge in [0.2, 0.25) is 5.91 Å². The van der Waals surface area contributed by atoms with Crippen LogP contribution in [0, 0.1) is 0 Å². The minimum absolute atomic E-state index is 0. The molecular weight excluding hydrogens is 505 g/mol. The molecule has 1 unspecified atom stereocenters. The number of ether oxygens (including phenoxy) is 1. The summed E-state index contributed by atoms with van der Waals surface area (Å²) < 4.78 is 5.24. The van der Waals surface area contributed by atoms with Crippen LogP contribution in [0.3, 0.4) is 0 Å². The van der Waals surface area contributed by atoms with E-state index < -0.39 is 0 Å². The lowest BCUT2D eigenvalue weighted by Gasteiger charge is -2.33. The third-order valence-corrected chi connectivity index (χ3v) is 5.65. The van der Waals surface area contributed by atoms with Crippen molar-refractivity contribution in [2.75, 3.05) is 53.9 Å². The molecule has 8 heteroatoms. The predicted octanol–water partition coefficient (Wildman–Crippen LogP) is 2.91. The molecule has 0 spiro atoms. The molecule has 1 aromatic carbocycles. The van der Waals surface area contributed by atoms with E-state index in [1.54, 1.807) is 12.0 Å². The lowest BCUT2D eigenvalue weighted by Crippen LogP contribution is -2.50. The fourth-order valence-electron chi connectivity index (χ4n) is 3.55. The normalized spacial score (nSPS) is 16.2. The van der Waals surface area contributed by atoms with Crippen molar-refractivity contribution in [1.29, 1.82) is 0 Å². The number of aliphatic imine (C=N–C) groups is 1. The summed E-state index contributed by atoms with van der Waals surface area (Å²) in [7, 11) is 5.31. The molecule has 176 valence electrons. The van der Waals surface area contributed by atoms with E-state index in [0.29, 0.717) is 18.5 Å². The number of guanidine groups is 1. The van der Waals surface area contributed by atoms with Gasteiger partial charge in [0.1, 0.15) is 5.75 Å². The van der Waals surface area contributed by atoms with Crippen molar-refractivity contribution < 1.29 is 9.53 Å². The monoisotopic (exact) mass is 545 g/mol. The topological polar surface area (TPSA) is 69.2 Å². The Hall–Kier alpha value is -1.55. The number of halogens is 1. The van der Waals surface area contributed by atoms with Crippen molar-refractivity contribution in [3.63, 3.8) is 0 Å². The summed E-state index contributed by atoms with van der Waals surface area (Å²) >= 11 is 0. The number of carbonyl (C=O) groups is 1. The van der Waals surface area contributed by atoms with Crippen LogP contribution in [0.1, 0.15) is 44.6 Å². The minimum Gasteiger partial charge on any atom is -0.497 e. The molecule has 0 aliphatic carbocycles. The largest absolute Gasteiger partial charge is 0.497 e. The second-order valence-corrected chi connectivity index (χ2v) is 8.21. The SMILES string of the molecule is CCNC(=NCCC(C)c1ccc(OC)cc1)NC1CCN(CC(=O)N(C)C)CC1.I. The summed E-state index contributed by atoms with van der Waals surface area (Å²) in [5.74, 6) is 2.39. The Morgan fingerprint density at radius 1 is 1.26 bits per heavy atom. The molecule has 0 saturated carbocycles. The molecule has 7 nitrogen and oxygen atoms in total. The number of nitrogens with one attached hydrogen (secondary N) is 2. The Balaban J connectivity index is 0.00000480. The fourth-order valence-corrected chi connectivity index (χ4v) is 3.55. The number of piperidine rings is 1. The van der Waals surface area contributed by atoms with Crippen molar-refractivity contribution in [1.82, 2.24) is 20.4 Å². The average molecular weight is 546 g/mol. The summed E-state index contributed by atoms with van der Waals surface area (Å²) in [5.41, 5.74) is 1.31. The van der Waals surface area contributed by atoms with Crippen molar-refractivity contribution in [2.45, 2.75) is 45.1 Å².